The number of halogens is 1. The maximum Gasteiger partial charge on any atom is 0.244 e. The van der Waals surface area contributed by atoms with Crippen molar-refractivity contribution < 1.29 is 4.52 Å². The third kappa shape index (κ3) is 2.65. The Kier molecular flexibility index (Phi) is 3.77. The van der Waals surface area contributed by atoms with Crippen LogP contribution in [0.15, 0.2) is 20.4 Å². The fourth-order valence-corrected chi connectivity index (χ4v) is 3.50. The van der Waals surface area contributed by atoms with E-state index in [0.29, 0.717) is 5.82 Å². The lowest BCUT2D eigenvalue weighted by Gasteiger charge is -2.09. The van der Waals surface area contributed by atoms with Gasteiger partial charge in [0.25, 0.3) is 0 Å². The summed E-state index contributed by atoms with van der Waals surface area (Å²) < 4.78 is 6.45. The molecule has 1 N–H and O–H groups in total. The van der Waals surface area contributed by atoms with Crippen molar-refractivity contribution in [2.24, 2.45) is 0 Å². The van der Waals surface area contributed by atoms with Gasteiger partial charge in [-0.1, -0.05) is 18.0 Å². The van der Waals surface area contributed by atoms with E-state index in [0.717, 1.165) is 28.2 Å². The lowest BCUT2D eigenvalue weighted by atomic mass is 10.1. The van der Waals surface area contributed by atoms with Gasteiger partial charge < -0.3 is 9.84 Å². The third-order valence-electron chi connectivity index (χ3n) is 3.09. The molecule has 0 amide bonds. The number of thiophene rings is 1. The van der Waals surface area contributed by atoms with Gasteiger partial charge in [-0.05, 0) is 41.4 Å². The minimum atomic E-state index is 0.220. The largest absolute Gasteiger partial charge is 0.337 e. The third-order valence-corrected chi connectivity index (χ3v) is 4.78. The predicted octanol–water partition coefficient (Wildman–Crippen LogP) is 3.77. The summed E-state index contributed by atoms with van der Waals surface area (Å²) in [6, 6.07) is 2.23. The molecule has 3 rings (SSSR count). The summed E-state index contributed by atoms with van der Waals surface area (Å²) in [7, 11) is 0. The maximum absolute atomic E-state index is 5.39. The number of hydrogen-bond donors (Lipinski definition) is 1. The summed E-state index contributed by atoms with van der Waals surface area (Å²) in [6.07, 6.45) is 4.81. The van der Waals surface area contributed by atoms with E-state index in [-0.39, 0.29) is 6.04 Å². The second kappa shape index (κ2) is 5.50. The summed E-state index contributed by atoms with van der Waals surface area (Å²) in [5, 5.41) is 9.56. The fourth-order valence-electron chi connectivity index (χ4n) is 2.15. The normalized spacial score (nSPS) is 20.8. The van der Waals surface area contributed by atoms with Crippen LogP contribution in [0.4, 0.5) is 0 Å². The average Bonchev–Trinajstić information content (AvgIpc) is 2.92. The lowest BCUT2D eigenvalue weighted by molar-refractivity contribution is 0.327. The molecular formula is C12H14BrN3OS. The van der Waals surface area contributed by atoms with Gasteiger partial charge in [0.15, 0.2) is 0 Å². The monoisotopic (exact) mass is 327 g/mol. The van der Waals surface area contributed by atoms with Crippen LogP contribution in [0.2, 0.25) is 0 Å². The van der Waals surface area contributed by atoms with Gasteiger partial charge in [-0.25, -0.2) is 0 Å². The molecular weight excluding hydrogens is 314 g/mol. The van der Waals surface area contributed by atoms with Crippen molar-refractivity contribution in [1.82, 2.24) is 15.5 Å². The quantitative estimate of drug-likeness (QED) is 0.912. The van der Waals surface area contributed by atoms with Crippen molar-refractivity contribution in [3.63, 3.8) is 0 Å². The Bertz CT molecular complexity index is 517. The molecule has 1 fully saturated rings. The summed E-state index contributed by atoms with van der Waals surface area (Å²) in [6.45, 7) is 1.03. The van der Waals surface area contributed by atoms with Gasteiger partial charge in [0.2, 0.25) is 11.7 Å². The molecule has 2 aromatic rings. The topological polar surface area (TPSA) is 51.0 Å². The summed E-state index contributed by atoms with van der Waals surface area (Å²) >= 11 is 5.05. The van der Waals surface area contributed by atoms with E-state index in [1.807, 2.05) is 11.4 Å². The van der Waals surface area contributed by atoms with Gasteiger partial charge in [0.1, 0.15) is 0 Å². The van der Waals surface area contributed by atoms with Gasteiger partial charge in [-0.2, -0.15) is 4.98 Å². The van der Waals surface area contributed by atoms with E-state index in [9.17, 15) is 0 Å². The molecule has 18 heavy (non-hydrogen) atoms. The lowest BCUT2D eigenvalue weighted by Crippen LogP contribution is -2.20. The Hall–Kier alpha value is -0.720. The zero-order valence-electron chi connectivity index (χ0n) is 9.86. The molecule has 1 aliphatic heterocycles. The first kappa shape index (κ1) is 12.3. The van der Waals surface area contributed by atoms with E-state index in [1.54, 1.807) is 11.3 Å². The van der Waals surface area contributed by atoms with Crippen molar-refractivity contribution in [2.75, 3.05) is 6.54 Å². The summed E-state index contributed by atoms with van der Waals surface area (Å²) in [5.41, 5.74) is 0. The highest BCUT2D eigenvalue weighted by atomic mass is 79.9. The number of aromatic nitrogens is 2. The Balaban J connectivity index is 1.80. The highest BCUT2D eigenvalue weighted by molar-refractivity contribution is 9.10. The van der Waals surface area contributed by atoms with Gasteiger partial charge in [0.05, 0.1) is 10.9 Å². The minimum absolute atomic E-state index is 0.220. The number of nitrogens with one attached hydrogen (secondary N) is 1. The zero-order chi connectivity index (χ0) is 12.4. The molecule has 6 heteroatoms. The first-order chi connectivity index (χ1) is 8.83. The average molecular weight is 328 g/mol. The minimum Gasteiger partial charge on any atom is -0.337 e. The molecule has 3 heterocycles. The molecule has 0 saturated carbocycles. The van der Waals surface area contributed by atoms with Crippen molar-refractivity contribution in [3.8, 4) is 10.7 Å². The molecule has 1 saturated heterocycles. The first-order valence-electron chi connectivity index (χ1n) is 6.14. The van der Waals surface area contributed by atoms with Crippen LogP contribution in [0.3, 0.4) is 0 Å². The Morgan fingerprint density at radius 2 is 2.33 bits per heavy atom. The number of nitrogens with zero attached hydrogens (tertiary/aromatic N) is 2. The van der Waals surface area contributed by atoms with Crippen LogP contribution >= 0.6 is 27.3 Å². The maximum atomic E-state index is 5.39. The molecule has 0 aromatic carbocycles. The molecule has 1 atom stereocenters. The van der Waals surface area contributed by atoms with E-state index in [1.165, 1.54) is 19.3 Å². The Morgan fingerprint density at radius 3 is 3.17 bits per heavy atom. The smallest absolute Gasteiger partial charge is 0.244 e. The molecule has 1 unspecified atom stereocenters. The Labute approximate surface area is 118 Å². The summed E-state index contributed by atoms with van der Waals surface area (Å²) in [5.74, 6) is 1.41. The van der Waals surface area contributed by atoms with Gasteiger partial charge in [0, 0.05) is 9.85 Å². The molecule has 96 valence electrons. The molecule has 2 aromatic heterocycles. The van der Waals surface area contributed by atoms with Crippen LogP contribution in [0.25, 0.3) is 10.7 Å². The number of hydrogen-bond acceptors (Lipinski definition) is 5. The summed E-state index contributed by atoms with van der Waals surface area (Å²) in [4.78, 5) is 5.54. The fraction of sp³-hybridized carbons (Fsp3) is 0.500. The van der Waals surface area contributed by atoms with E-state index < -0.39 is 0 Å². The SMILES string of the molecule is Brc1csc(-c2noc(C3CCCCCN3)n2)c1. The van der Waals surface area contributed by atoms with Gasteiger partial charge in [-0.15, -0.1) is 11.3 Å². The van der Waals surface area contributed by atoms with Crippen molar-refractivity contribution in [2.45, 2.75) is 31.7 Å². The van der Waals surface area contributed by atoms with Crippen LogP contribution < -0.4 is 5.32 Å². The zero-order valence-corrected chi connectivity index (χ0v) is 12.3. The molecule has 0 bridgehead atoms. The van der Waals surface area contributed by atoms with E-state index in [4.69, 9.17) is 4.52 Å². The van der Waals surface area contributed by atoms with Gasteiger partial charge >= 0.3 is 0 Å². The predicted molar refractivity (Wildman–Crippen MR) is 74.5 cm³/mol. The second-order valence-electron chi connectivity index (χ2n) is 4.44. The highest BCUT2D eigenvalue weighted by Gasteiger charge is 2.20. The van der Waals surface area contributed by atoms with Crippen LogP contribution in [0.5, 0.6) is 0 Å². The molecule has 0 aliphatic carbocycles. The van der Waals surface area contributed by atoms with Crippen molar-refractivity contribution in [1.29, 1.82) is 0 Å². The first-order valence-corrected chi connectivity index (χ1v) is 7.81. The molecule has 1 aliphatic rings. The molecule has 4 nitrogen and oxygen atoms in total. The van der Waals surface area contributed by atoms with Crippen molar-refractivity contribution in [3.05, 3.63) is 21.8 Å². The van der Waals surface area contributed by atoms with Crippen LogP contribution in [-0.4, -0.2) is 16.7 Å². The second-order valence-corrected chi connectivity index (χ2v) is 6.27. The standard InChI is InChI=1S/C12H14BrN3OS/c13-8-6-10(18-7-8)11-15-12(17-16-11)9-4-2-1-3-5-14-9/h6-7,9,14H,1-5H2. The van der Waals surface area contributed by atoms with Gasteiger partial charge in [-0.3, -0.25) is 0 Å². The highest BCUT2D eigenvalue weighted by Crippen LogP contribution is 2.29. The van der Waals surface area contributed by atoms with E-state index >= 15 is 0 Å². The van der Waals surface area contributed by atoms with Crippen LogP contribution in [0.1, 0.15) is 37.6 Å². The van der Waals surface area contributed by atoms with Crippen LogP contribution in [-0.2, 0) is 0 Å². The molecule has 0 radical (unpaired) electrons. The molecule has 0 spiro atoms. The number of rotatable bonds is 2. The van der Waals surface area contributed by atoms with Crippen LogP contribution in [0, 0.1) is 0 Å². The van der Waals surface area contributed by atoms with E-state index in [2.05, 4.69) is 31.4 Å². The Morgan fingerprint density at radius 1 is 1.39 bits per heavy atom. The van der Waals surface area contributed by atoms with Crippen molar-refractivity contribution >= 4 is 27.3 Å².